The van der Waals surface area contributed by atoms with Crippen LogP contribution in [0.2, 0.25) is 0 Å². The third-order valence-corrected chi connectivity index (χ3v) is 4.53. The van der Waals surface area contributed by atoms with E-state index in [1.165, 1.54) is 6.07 Å². The zero-order valence-electron chi connectivity index (χ0n) is 13.4. The summed E-state index contributed by atoms with van der Waals surface area (Å²) in [5.74, 6) is -0.315. The van der Waals surface area contributed by atoms with Crippen LogP contribution in [0.4, 0.5) is 14.9 Å². The number of rotatable bonds is 3. The predicted molar refractivity (Wildman–Crippen MR) is 91.1 cm³/mol. The first kappa shape index (κ1) is 16.5. The highest BCUT2D eigenvalue weighted by atomic mass is 19.1. The fourth-order valence-corrected chi connectivity index (χ4v) is 3.10. The number of anilines is 1. The number of urea groups is 1. The Morgan fingerprint density at radius 3 is 2.38 bits per heavy atom. The molecule has 5 heteroatoms. The first-order valence-corrected chi connectivity index (χ1v) is 8.18. The number of aliphatic hydroxyl groups excluding tert-OH is 1. The number of nitrogens with zero attached hydrogens (tertiary/aromatic N) is 1. The second-order valence-electron chi connectivity index (χ2n) is 6.09. The van der Waals surface area contributed by atoms with Gasteiger partial charge in [-0.2, -0.15) is 0 Å². The van der Waals surface area contributed by atoms with E-state index >= 15 is 0 Å². The van der Waals surface area contributed by atoms with Gasteiger partial charge in [0.2, 0.25) is 0 Å². The van der Waals surface area contributed by atoms with Gasteiger partial charge >= 0.3 is 6.03 Å². The standard InChI is InChI=1S/C19H21FN2O2/c20-16-8-4-5-9-17(16)21-19(24)22-12-10-15(11-13-22)18(23)14-6-2-1-3-7-14/h1-9,15,18,23H,10-13H2,(H,21,24)/t18-/m1/s1. The molecule has 0 aliphatic carbocycles. The molecule has 3 rings (SSSR count). The third kappa shape index (κ3) is 3.74. The molecule has 0 bridgehead atoms. The second kappa shape index (κ2) is 7.45. The smallest absolute Gasteiger partial charge is 0.321 e. The van der Waals surface area contributed by atoms with E-state index in [1.54, 1.807) is 23.1 Å². The molecule has 2 amide bonds. The van der Waals surface area contributed by atoms with E-state index in [1.807, 2.05) is 30.3 Å². The number of carbonyl (C=O) groups excluding carboxylic acids is 1. The SMILES string of the molecule is O=C(Nc1ccccc1F)N1CCC([C@H](O)c2ccccc2)CC1. The van der Waals surface area contributed by atoms with Crippen LogP contribution in [0.15, 0.2) is 54.6 Å². The van der Waals surface area contributed by atoms with Crippen LogP contribution >= 0.6 is 0 Å². The highest BCUT2D eigenvalue weighted by molar-refractivity contribution is 5.89. The number of hydrogen-bond donors (Lipinski definition) is 2. The van der Waals surface area contributed by atoms with E-state index in [-0.39, 0.29) is 17.6 Å². The molecule has 0 radical (unpaired) electrons. The van der Waals surface area contributed by atoms with Crippen molar-refractivity contribution in [2.24, 2.45) is 5.92 Å². The summed E-state index contributed by atoms with van der Waals surface area (Å²) in [5.41, 5.74) is 1.10. The molecular formula is C19H21FN2O2. The number of halogens is 1. The molecule has 0 unspecified atom stereocenters. The van der Waals surface area contributed by atoms with Gasteiger partial charge in [0.25, 0.3) is 0 Å². The summed E-state index contributed by atoms with van der Waals surface area (Å²) < 4.78 is 13.6. The molecule has 1 aliphatic rings. The fourth-order valence-electron chi connectivity index (χ4n) is 3.10. The number of nitrogens with one attached hydrogen (secondary N) is 1. The Hall–Kier alpha value is -2.40. The van der Waals surface area contributed by atoms with Crippen molar-refractivity contribution in [2.75, 3.05) is 18.4 Å². The fraction of sp³-hybridized carbons (Fsp3) is 0.316. The van der Waals surface area contributed by atoms with Gasteiger partial charge < -0.3 is 15.3 Å². The van der Waals surface area contributed by atoms with Crippen molar-refractivity contribution < 1.29 is 14.3 Å². The number of benzene rings is 2. The van der Waals surface area contributed by atoms with Crippen molar-refractivity contribution >= 4 is 11.7 Å². The Morgan fingerprint density at radius 2 is 1.71 bits per heavy atom. The molecule has 0 aromatic heterocycles. The Bertz CT molecular complexity index is 685. The van der Waals surface area contributed by atoms with Gasteiger partial charge in [0.15, 0.2) is 0 Å². The highest BCUT2D eigenvalue weighted by Gasteiger charge is 2.28. The van der Waals surface area contributed by atoms with E-state index < -0.39 is 11.9 Å². The number of para-hydroxylation sites is 1. The van der Waals surface area contributed by atoms with Crippen molar-refractivity contribution in [3.63, 3.8) is 0 Å². The molecule has 2 aromatic carbocycles. The van der Waals surface area contributed by atoms with Crippen LogP contribution in [0.25, 0.3) is 0 Å². The van der Waals surface area contributed by atoms with Gasteiger partial charge in [-0.15, -0.1) is 0 Å². The van der Waals surface area contributed by atoms with Gasteiger partial charge in [-0.25, -0.2) is 9.18 Å². The number of amides is 2. The normalized spacial score (nSPS) is 16.7. The minimum absolute atomic E-state index is 0.130. The van der Waals surface area contributed by atoms with Gasteiger partial charge in [0.1, 0.15) is 5.82 Å². The lowest BCUT2D eigenvalue weighted by Gasteiger charge is -2.34. The lowest BCUT2D eigenvalue weighted by molar-refractivity contribution is 0.0683. The molecule has 126 valence electrons. The van der Waals surface area contributed by atoms with E-state index in [4.69, 9.17) is 0 Å². The molecule has 4 nitrogen and oxygen atoms in total. The Kier molecular flexibility index (Phi) is 5.11. The average Bonchev–Trinajstić information content (AvgIpc) is 2.64. The topological polar surface area (TPSA) is 52.6 Å². The Labute approximate surface area is 140 Å². The number of likely N-dealkylation sites (tertiary alicyclic amines) is 1. The number of aliphatic hydroxyl groups is 1. The van der Waals surface area contributed by atoms with Crippen molar-refractivity contribution in [3.05, 3.63) is 66.0 Å². The first-order valence-electron chi connectivity index (χ1n) is 8.18. The molecule has 0 saturated carbocycles. The maximum atomic E-state index is 13.6. The molecule has 2 N–H and O–H groups in total. The lowest BCUT2D eigenvalue weighted by Crippen LogP contribution is -2.42. The van der Waals surface area contributed by atoms with E-state index in [2.05, 4.69) is 5.32 Å². The zero-order valence-corrected chi connectivity index (χ0v) is 13.4. The maximum Gasteiger partial charge on any atom is 0.321 e. The van der Waals surface area contributed by atoms with Crippen LogP contribution in [-0.2, 0) is 0 Å². The molecule has 24 heavy (non-hydrogen) atoms. The molecular weight excluding hydrogens is 307 g/mol. The van der Waals surface area contributed by atoms with Gasteiger partial charge in [0, 0.05) is 13.1 Å². The van der Waals surface area contributed by atoms with Gasteiger partial charge in [-0.1, -0.05) is 42.5 Å². The van der Waals surface area contributed by atoms with E-state index in [0.29, 0.717) is 13.1 Å². The summed E-state index contributed by atoms with van der Waals surface area (Å²) in [5, 5.41) is 13.1. The minimum atomic E-state index is -0.511. The molecule has 1 saturated heterocycles. The Morgan fingerprint density at radius 1 is 1.08 bits per heavy atom. The largest absolute Gasteiger partial charge is 0.388 e. The quantitative estimate of drug-likeness (QED) is 0.900. The molecule has 0 spiro atoms. The Balaban J connectivity index is 1.55. The maximum absolute atomic E-state index is 13.6. The molecule has 1 aliphatic heterocycles. The van der Waals surface area contributed by atoms with Gasteiger partial charge in [0.05, 0.1) is 11.8 Å². The summed E-state index contributed by atoms with van der Waals surface area (Å²) in [4.78, 5) is 13.9. The average molecular weight is 328 g/mol. The van der Waals surface area contributed by atoms with E-state index in [9.17, 15) is 14.3 Å². The van der Waals surface area contributed by atoms with Crippen LogP contribution < -0.4 is 5.32 Å². The molecule has 1 heterocycles. The van der Waals surface area contributed by atoms with Gasteiger partial charge in [-0.3, -0.25) is 0 Å². The summed E-state index contributed by atoms with van der Waals surface area (Å²) in [7, 11) is 0. The molecule has 1 fully saturated rings. The first-order chi connectivity index (χ1) is 11.6. The summed E-state index contributed by atoms with van der Waals surface area (Å²) >= 11 is 0. The van der Waals surface area contributed by atoms with Gasteiger partial charge in [-0.05, 0) is 36.5 Å². The summed E-state index contributed by atoms with van der Waals surface area (Å²) in [6.07, 6.45) is 0.935. The summed E-state index contributed by atoms with van der Waals surface area (Å²) in [6.45, 7) is 1.10. The monoisotopic (exact) mass is 328 g/mol. The van der Waals surface area contributed by atoms with Crippen LogP contribution in [-0.4, -0.2) is 29.1 Å². The van der Waals surface area contributed by atoms with E-state index in [0.717, 1.165) is 18.4 Å². The lowest BCUT2D eigenvalue weighted by atomic mass is 9.87. The molecule has 2 aromatic rings. The van der Waals surface area contributed by atoms with Crippen molar-refractivity contribution in [2.45, 2.75) is 18.9 Å². The summed E-state index contributed by atoms with van der Waals surface area (Å²) in [6, 6.07) is 15.4. The number of hydrogen-bond acceptors (Lipinski definition) is 2. The molecule has 1 atom stereocenters. The highest BCUT2D eigenvalue weighted by Crippen LogP contribution is 2.30. The third-order valence-electron chi connectivity index (χ3n) is 4.53. The van der Waals surface area contributed by atoms with Crippen LogP contribution in [0.1, 0.15) is 24.5 Å². The van der Waals surface area contributed by atoms with Crippen LogP contribution in [0, 0.1) is 11.7 Å². The minimum Gasteiger partial charge on any atom is -0.388 e. The number of carbonyl (C=O) groups is 1. The second-order valence-corrected chi connectivity index (χ2v) is 6.09. The van der Waals surface area contributed by atoms with Crippen LogP contribution in [0.5, 0.6) is 0 Å². The zero-order chi connectivity index (χ0) is 16.9. The van der Waals surface area contributed by atoms with Crippen molar-refractivity contribution in [1.29, 1.82) is 0 Å². The van der Waals surface area contributed by atoms with Crippen molar-refractivity contribution in [3.8, 4) is 0 Å². The van der Waals surface area contributed by atoms with Crippen molar-refractivity contribution in [1.82, 2.24) is 4.90 Å². The van der Waals surface area contributed by atoms with Crippen LogP contribution in [0.3, 0.4) is 0 Å². The number of piperidine rings is 1. The predicted octanol–water partition coefficient (Wildman–Crippen LogP) is 3.80.